The number of likely N-dealkylation sites (N-methyl/N-ethyl adjacent to an activating group) is 1. The number of nitrogens with one attached hydrogen (secondary N) is 2. The average molecular weight is 500 g/mol. The Balaban J connectivity index is 0.00000676. The van der Waals surface area contributed by atoms with Gasteiger partial charge < -0.3 is 25.0 Å². The minimum Gasteiger partial charge on any atom is -0.489 e. The lowest BCUT2D eigenvalue weighted by molar-refractivity contribution is 0.180. The number of rotatable bonds is 12. The third kappa shape index (κ3) is 12.0. The Morgan fingerprint density at radius 2 is 1.96 bits per heavy atom. The molecule has 0 aliphatic rings. The largest absolute Gasteiger partial charge is 0.489 e. The maximum absolute atomic E-state index is 13.5. The van der Waals surface area contributed by atoms with Gasteiger partial charge in [-0.05, 0) is 32.5 Å². The molecule has 0 radical (unpaired) electrons. The molecule has 0 spiro atoms. The van der Waals surface area contributed by atoms with E-state index in [1.807, 2.05) is 6.92 Å². The van der Waals surface area contributed by atoms with E-state index in [0.717, 1.165) is 38.7 Å². The molecule has 0 aromatic heterocycles. The van der Waals surface area contributed by atoms with Crippen LogP contribution in [-0.2, 0) is 4.74 Å². The van der Waals surface area contributed by atoms with E-state index in [-0.39, 0.29) is 36.3 Å². The Bertz CT molecular complexity index is 550. The van der Waals surface area contributed by atoms with Crippen molar-refractivity contribution < 1.29 is 18.3 Å². The van der Waals surface area contributed by atoms with Crippen molar-refractivity contribution in [1.29, 1.82) is 0 Å². The van der Waals surface area contributed by atoms with E-state index in [0.29, 0.717) is 19.0 Å². The molecule has 1 aromatic rings. The van der Waals surface area contributed by atoms with E-state index in [1.165, 1.54) is 12.1 Å². The van der Waals surface area contributed by atoms with Gasteiger partial charge in [-0.3, -0.25) is 4.99 Å². The fourth-order valence-electron chi connectivity index (χ4n) is 2.19. The molecule has 0 bridgehead atoms. The quantitative estimate of drug-likeness (QED) is 0.200. The van der Waals surface area contributed by atoms with Gasteiger partial charge in [-0.25, -0.2) is 8.78 Å². The van der Waals surface area contributed by atoms with E-state index in [4.69, 9.17) is 9.47 Å². The highest BCUT2D eigenvalue weighted by Crippen LogP contribution is 2.17. The van der Waals surface area contributed by atoms with Crippen molar-refractivity contribution in [2.24, 2.45) is 4.99 Å². The lowest BCUT2D eigenvalue weighted by atomic mass is 10.3. The molecule has 0 aliphatic carbocycles. The molecule has 2 N–H and O–H groups in total. The Labute approximate surface area is 177 Å². The molecule has 0 heterocycles. The van der Waals surface area contributed by atoms with Crippen molar-refractivity contribution in [2.75, 3.05) is 60.1 Å². The van der Waals surface area contributed by atoms with Crippen LogP contribution in [0.3, 0.4) is 0 Å². The van der Waals surface area contributed by atoms with Crippen LogP contribution in [0, 0.1) is 11.6 Å². The molecule has 27 heavy (non-hydrogen) atoms. The second kappa shape index (κ2) is 15.8. The molecule has 0 aliphatic heterocycles. The summed E-state index contributed by atoms with van der Waals surface area (Å²) in [5.74, 6) is -0.613. The lowest BCUT2D eigenvalue weighted by Gasteiger charge is -2.16. The van der Waals surface area contributed by atoms with Gasteiger partial charge in [0.1, 0.15) is 12.4 Å². The summed E-state index contributed by atoms with van der Waals surface area (Å²) in [6.07, 6.45) is 0.992. The third-order valence-corrected chi connectivity index (χ3v) is 3.53. The van der Waals surface area contributed by atoms with Crippen molar-refractivity contribution in [1.82, 2.24) is 15.5 Å². The molecule has 0 saturated carbocycles. The van der Waals surface area contributed by atoms with E-state index in [9.17, 15) is 8.78 Å². The number of nitrogens with zero attached hydrogens (tertiary/aromatic N) is 2. The van der Waals surface area contributed by atoms with E-state index < -0.39 is 11.6 Å². The summed E-state index contributed by atoms with van der Waals surface area (Å²) in [5, 5.41) is 6.27. The minimum absolute atomic E-state index is 0. The molecular formula is C18H31F2IN4O2. The van der Waals surface area contributed by atoms with Crippen LogP contribution in [0.4, 0.5) is 8.78 Å². The van der Waals surface area contributed by atoms with Gasteiger partial charge in [0, 0.05) is 39.4 Å². The first kappa shape index (κ1) is 25.8. The highest BCUT2D eigenvalue weighted by molar-refractivity contribution is 14.0. The number of hydrogen-bond donors (Lipinski definition) is 2. The number of guanidine groups is 1. The van der Waals surface area contributed by atoms with Crippen LogP contribution in [0.25, 0.3) is 0 Å². The van der Waals surface area contributed by atoms with E-state index in [1.54, 1.807) is 7.11 Å². The third-order valence-electron chi connectivity index (χ3n) is 3.53. The first-order valence-electron chi connectivity index (χ1n) is 8.84. The summed E-state index contributed by atoms with van der Waals surface area (Å²) in [6, 6.07) is 3.25. The van der Waals surface area contributed by atoms with E-state index >= 15 is 0 Å². The van der Waals surface area contributed by atoms with Gasteiger partial charge in [-0.1, -0.05) is 0 Å². The zero-order valence-electron chi connectivity index (χ0n) is 16.3. The maximum Gasteiger partial charge on any atom is 0.191 e. The predicted octanol–water partition coefficient (Wildman–Crippen LogP) is 2.49. The Morgan fingerprint density at radius 3 is 2.63 bits per heavy atom. The predicted molar refractivity (Wildman–Crippen MR) is 115 cm³/mol. The second-order valence-electron chi connectivity index (χ2n) is 5.76. The van der Waals surface area contributed by atoms with Gasteiger partial charge >= 0.3 is 0 Å². The summed E-state index contributed by atoms with van der Waals surface area (Å²) in [7, 11) is 3.75. The monoisotopic (exact) mass is 500 g/mol. The van der Waals surface area contributed by atoms with Crippen LogP contribution in [-0.4, -0.2) is 71.0 Å². The molecule has 0 atom stereocenters. The second-order valence-corrected chi connectivity index (χ2v) is 5.76. The molecule has 0 amide bonds. The zero-order valence-corrected chi connectivity index (χ0v) is 18.6. The molecule has 0 unspecified atom stereocenters. The molecule has 1 rings (SSSR count). The molecule has 0 saturated heterocycles. The van der Waals surface area contributed by atoms with Gasteiger partial charge in [0.05, 0.1) is 13.1 Å². The Morgan fingerprint density at radius 1 is 1.19 bits per heavy atom. The van der Waals surface area contributed by atoms with Crippen molar-refractivity contribution >= 4 is 29.9 Å². The highest BCUT2D eigenvalue weighted by Gasteiger charge is 2.05. The summed E-state index contributed by atoms with van der Waals surface area (Å²) in [5.41, 5.74) is 0. The topological polar surface area (TPSA) is 58.1 Å². The number of halogens is 3. The van der Waals surface area contributed by atoms with Crippen LogP contribution in [0.15, 0.2) is 23.2 Å². The van der Waals surface area contributed by atoms with Crippen molar-refractivity contribution in [3.8, 4) is 5.75 Å². The number of benzene rings is 1. The Hall–Kier alpha value is -1.20. The van der Waals surface area contributed by atoms with Crippen LogP contribution >= 0.6 is 24.0 Å². The molecule has 156 valence electrons. The Kier molecular flexibility index (Phi) is 15.1. The summed E-state index contributed by atoms with van der Waals surface area (Å²) in [6.45, 7) is 6.64. The van der Waals surface area contributed by atoms with Gasteiger partial charge in [0.15, 0.2) is 17.5 Å². The SMILES string of the molecule is CCNC(=NCCN(C)CCCOC)NCCOc1ccc(F)cc1F.I. The van der Waals surface area contributed by atoms with E-state index in [2.05, 4.69) is 27.6 Å². The van der Waals surface area contributed by atoms with Crippen molar-refractivity contribution in [3.63, 3.8) is 0 Å². The average Bonchev–Trinajstić information content (AvgIpc) is 2.60. The van der Waals surface area contributed by atoms with Gasteiger partial charge in [-0.15, -0.1) is 24.0 Å². The van der Waals surface area contributed by atoms with Crippen LogP contribution in [0.2, 0.25) is 0 Å². The molecule has 1 aromatic carbocycles. The summed E-state index contributed by atoms with van der Waals surface area (Å²) >= 11 is 0. The fourth-order valence-corrected chi connectivity index (χ4v) is 2.19. The lowest BCUT2D eigenvalue weighted by Crippen LogP contribution is -2.40. The number of methoxy groups -OCH3 is 1. The summed E-state index contributed by atoms with van der Waals surface area (Å²) in [4.78, 5) is 6.70. The van der Waals surface area contributed by atoms with Gasteiger partial charge in [0.2, 0.25) is 0 Å². The first-order valence-corrected chi connectivity index (χ1v) is 8.84. The smallest absolute Gasteiger partial charge is 0.191 e. The number of ether oxygens (including phenoxy) is 2. The molecular weight excluding hydrogens is 469 g/mol. The zero-order chi connectivity index (χ0) is 19.2. The van der Waals surface area contributed by atoms with Gasteiger partial charge in [0.25, 0.3) is 0 Å². The molecule has 0 fully saturated rings. The van der Waals surface area contributed by atoms with Crippen LogP contribution < -0.4 is 15.4 Å². The molecule has 9 heteroatoms. The minimum atomic E-state index is -0.706. The summed E-state index contributed by atoms with van der Waals surface area (Å²) < 4.78 is 36.7. The normalized spacial score (nSPS) is 11.3. The molecule has 6 nitrogen and oxygen atoms in total. The number of hydrogen-bond acceptors (Lipinski definition) is 4. The fraction of sp³-hybridized carbons (Fsp3) is 0.611. The highest BCUT2D eigenvalue weighted by atomic mass is 127. The number of aliphatic imine (C=N–C) groups is 1. The van der Waals surface area contributed by atoms with Crippen LogP contribution in [0.5, 0.6) is 5.75 Å². The van der Waals surface area contributed by atoms with Crippen molar-refractivity contribution in [3.05, 3.63) is 29.8 Å². The first-order chi connectivity index (χ1) is 12.6. The maximum atomic E-state index is 13.5. The standard InChI is InChI=1S/C18H30F2N4O2.HI/c1-4-21-18(22-8-11-24(2)10-5-12-25-3)23-9-13-26-17-7-6-15(19)14-16(17)20;/h6-7,14H,4-5,8-13H2,1-3H3,(H2,21,22,23);1H. The van der Waals surface area contributed by atoms with Crippen molar-refractivity contribution in [2.45, 2.75) is 13.3 Å². The van der Waals surface area contributed by atoms with Crippen LogP contribution in [0.1, 0.15) is 13.3 Å². The van der Waals surface area contributed by atoms with Gasteiger partial charge in [-0.2, -0.15) is 0 Å².